The molecule has 0 amide bonds. The van der Waals surface area contributed by atoms with Crippen molar-refractivity contribution < 1.29 is 9.84 Å². The number of aliphatic hydroxyl groups excluding tert-OH is 1. The molecular formula is C15H25NO2. The van der Waals surface area contributed by atoms with Gasteiger partial charge in [-0.1, -0.05) is 24.3 Å². The van der Waals surface area contributed by atoms with Gasteiger partial charge in [-0.25, -0.2) is 0 Å². The van der Waals surface area contributed by atoms with Crippen LogP contribution in [0.3, 0.4) is 0 Å². The van der Waals surface area contributed by atoms with Crippen molar-refractivity contribution in [2.24, 2.45) is 0 Å². The quantitative estimate of drug-likeness (QED) is 0.806. The molecule has 1 N–H and O–H groups in total. The van der Waals surface area contributed by atoms with Crippen LogP contribution < -0.4 is 0 Å². The minimum atomic E-state index is -0.429. The highest BCUT2D eigenvalue weighted by Gasteiger charge is 2.10. The lowest BCUT2D eigenvalue weighted by molar-refractivity contribution is -0.00636. The maximum absolute atomic E-state index is 9.85. The van der Waals surface area contributed by atoms with Crippen molar-refractivity contribution in [3.63, 3.8) is 0 Å². The lowest BCUT2D eigenvalue weighted by atomic mass is 10.1. The van der Waals surface area contributed by atoms with Crippen molar-refractivity contribution in [1.82, 2.24) is 4.90 Å². The fourth-order valence-electron chi connectivity index (χ4n) is 1.86. The number of ether oxygens (including phenoxy) is 1. The lowest BCUT2D eigenvalue weighted by Crippen LogP contribution is -2.32. The zero-order valence-corrected chi connectivity index (χ0v) is 11.9. The van der Waals surface area contributed by atoms with Crippen molar-refractivity contribution in [3.8, 4) is 0 Å². The Balaban J connectivity index is 2.37. The van der Waals surface area contributed by atoms with Crippen LogP contribution in [-0.2, 0) is 11.3 Å². The third-order valence-corrected chi connectivity index (χ3v) is 2.85. The van der Waals surface area contributed by atoms with E-state index >= 15 is 0 Å². The molecule has 0 saturated carbocycles. The summed E-state index contributed by atoms with van der Waals surface area (Å²) in [7, 11) is 2.02. The third-order valence-electron chi connectivity index (χ3n) is 2.85. The Morgan fingerprint density at radius 3 is 2.56 bits per heavy atom. The largest absolute Gasteiger partial charge is 0.389 e. The first-order valence-electron chi connectivity index (χ1n) is 6.51. The van der Waals surface area contributed by atoms with Gasteiger partial charge in [0.15, 0.2) is 0 Å². The molecule has 1 rings (SSSR count). The van der Waals surface area contributed by atoms with E-state index in [1.54, 1.807) is 0 Å². The fourth-order valence-corrected chi connectivity index (χ4v) is 1.86. The average molecular weight is 251 g/mol. The number of likely N-dealkylation sites (N-methyl/N-ethyl adjacent to an activating group) is 1. The summed E-state index contributed by atoms with van der Waals surface area (Å²) in [5.41, 5.74) is 2.59. The van der Waals surface area contributed by atoms with Gasteiger partial charge in [0.1, 0.15) is 0 Å². The van der Waals surface area contributed by atoms with Gasteiger partial charge < -0.3 is 9.84 Å². The van der Waals surface area contributed by atoms with E-state index in [1.807, 2.05) is 27.0 Å². The zero-order chi connectivity index (χ0) is 13.5. The van der Waals surface area contributed by atoms with Crippen LogP contribution in [0.15, 0.2) is 24.3 Å². The smallest absolute Gasteiger partial charge is 0.0900 e. The van der Waals surface area contributed by atoms with Gasteiger partial charge >= 0.3 is 0 Å². The number of benzene rings is 1. The molecule has 0 fully saturated rings. The molecule has 0 spiro atoms. The van der Waals surface area contributed by atoms with Crippen molar-refractivity contribution >= 4 is 0 Å². The molecule has 102 valence electrons. The van der Waals surface area contributed by atoms with Gasteiger partial charge in [0.25, 0.3) is 0 Å². The van der Waals surface area contributed by atoms with E-state index in [9.17, 15) is 5.11 Å². The number of aliphatic hydroxyl groups is 1. The summed E-state index contributed by atoms with van der Waals surface area (Å²) in [4.78, 5) is 2.12. The molecule has 0 aliphatic rings. The first kappa shape index (κ1) is 15.2. The van der Waals surface area contributed by atoms with Gasteiger partial charge in [-0.15, -0.1) is 0 Å². The van der Waals surface area contributed by atoms with Crippen LogP contribution in [-0.4, -0.2) is 42.4 Å². The first-order valence-corrected chi connectivity index (χ1v) is 6.51. The summed E-state index contributed by atoms with van der Waals surface area (Å²) in [6.07, 6.45) is -0.261. The minimum Gasteiger partial charge on any atom is -0.389 e. The van der Waals surface area contributed by atoms with Crippen LogP contribution in [0.1, 0.15) is 25.0 Å². The van der Waals surface area contributed by atoms with Crippen molar-refractivity contribution in [3.05, 3.63) is 35.4 Å². The Morgan fingerprint density at radius 1 is 1.28 bits per heavy atom. The van der Waals surface area contributed by atoms with Crippen molar-refractivity contribution in [2.45, 2.75) is 39.5 Å². The van der Waals surface area contributed by atoms with Gasteiger partial charge in [-0.2, -0.15) is 0 Å². The van der Waals surface area contributed by atoms with E-state index in [2.05, 4.69) is 30.0 Å². The Labute approximate surface area is 110 Å². The number of hydrogen-bond acceptors (Lipinski definition) is 3. The van der Waals surface area contributed by atoms with E-state index in [-0.39, 0.29) is 6.10 Å². The average Bonchev–Trinajstić information content (AvgIpc) is 2.29. The van der Waals surface area contributed by atoms with Gasteiger partial charge in [0.05, 0.1) is 18.8 Å². The third kappa shape index (κ3) is 5.63. The standard InChI is InChI=1S/C15H25NO2/c1-12(2)18-11-15(17)10-16(4)9-14-8-6-5-7-13(14)3/h5-8,12,15,17H,9-11H2,1-4H3. The number of hydrogen-bond donors (Lipinski definition) is 1. The Morgan fingerprint density at radius 2 is 1.94 bits per heavy atom. The van der Waals surface area contributed by atoms with E-state index in [4.69, 9.17) is 4.74 Å². The summed E-state index contributed by atoms with van der Waals surface area (Å²) in [5.74, 6) is 0. The van der Waals surface area contributed by atoms with Crippen LogP contribution >= 0.6 is 0 Å². The molecule has 3 heteroatoms. The van der Waals surface area contributed by atoms with Crippen LogP contribution in [0.5, 0.6) is 0 Å². The molecule has 0 aliphatic heterocycles. The molecule has 1 unspecified atom stereocenters. The van der Waals surface area contributed by atoms with Gasteiger partial charge in [-0.3, -0.25) is 4.90 Å². The van der Waals surface area contributed by atoms with Crippen molar-refractivity contribution in [1.29, 1.82) is 0 Å². The molecule has 0 radical (unpaired) electrons. The maximum Gasteiger partial charge on any atom is 0.0900 e. The van der Waals surface area contributed by atoms with Crippen LogP contribution in [0.25, 0.3) is 0 Å². The number of rotatable bonds is 7. The molecule has 0 aromatic heterocycles. The van der Waals surface area contributed by atoms with Crippen molar-refractivity contribution in [2.75, 3.05) is 20.2 Å². The van der Waals surface area contributed by atoms with E-state index in [0.717, 1.165) is 6.54 Å². The molecular weight excluding hydrogens is 226 g/mol. The molecule has 3 nitrogen and oxygen atoms in total. The molecule has 0 heterocycles. The Kier molecular flexibility index (Phi) is 6.33. The van der Waals surface area contributed by atoms with E-state index in [1.165, 1.54) is 11.1 Å². The Hall–Kier alpha value is -0.900. The highest BCUT2D eigenvalue weighted by atomic mass is 16.5. The van der Waals surface area contributed by atoms with E-state index < -0.39 is 6.10 Å². The molecule has 1 aromatic carbocycles. The lowest BCUT2D eigenvalue weighted by Gasteiger charge is -2.22. The summed E-state index contributed by atoms with van der Waals surface area (Å²) >= 11 is 0. The van der Waals surface area contributed by atoms with Crippen LogP contribution in [0, 0.1) is 6.92 Å². The summed E-state index contributed by atoms with van der Waals surface area (Å²) in [6.45, 7) is 7.94. The normalized spacial score (nSPS) is 13.3. The minimum absolute atomic E-state index is 0.168. The zero-order valence-electron chi connectivity index (χ0n) is 11.9. The molecule has 0 saturated heterocycles. The monoisotopic (exact) mass is 251 g/mol. The summed E-state index contributed by atoms with van der Waals surface area (Å²) in [6, 6.07) is 8.34. The first-order chi connectivity index (χ1) is 8.49. The number of nitrogens with zero attached hydrogens (tertiary/aromatic N) is 1. The van der Waals surface area contributed by atoms with Gasteiger partial charge in [-0.05, 0) is 38.9 Å². The maximum atomic E-state index is 9.85. The molecule has 0 aliphatic carbocycles. The second-order valence-electron chi connectivity index (χ2n) is 5.16. The number of aryl methyl sites for hydroxylation is 1. The second kappa shape index (κ2) is 7.52. The van der Waals surface area contributed by atoms with Crippen LogP contribution in [0.2, 0.25) is 0 Å². The molecule has 1 aromatic rings. The van der Waals surface area contributed by atoms with Crippen LogP contribution in [0.4, 0.5) is 0 Å². The topological polar surface area (TPSA) is 32.7 Å². The van der Waals surface area contributed by atoms with Gasteiger partial charge in [0, 0.05) is 13.1 Å². The molecule has 18 heavy (non-hydrogen) atoms. The summed E-state index contributed by atoms with van der Waals surface area (Å²) in [5, 5.41) is 9.85. The predicted molar refractivity (Wildman–Crippen MR) is 74.6 cm³/mol. The fraction of sp³-hybridized carbons (Fsp3) is 0.600. The second-order valence-corrected chi connectivity index (χ2v) is 5.16. The van der Waals surface area contributed by atoms with E-state index in [0.29, 0.717) is 13.2 Å². The highest BCUT2D eigenvalue weighted by Crippen LogP contribution is 2.09. The molecule has 0 bridgehead atoms. The molecule has 1 atom stereocenters. The highest BCUT2D eigenvalue weighted by molar-refractivity contribution is 5.25. The summed E-state index contributed by atoms with van der Waals surface area (Å²) < 4.78 is 5.40. The SMILES string of the molecule is Cc1ccccc1CN(C)CC(O)COC(C)C. The predicted octanol–water partition coefficient (Wildman–Crippen LogP) is 2.21. The Bertz CT molecular complexity index is 352. The van der Waals surface area contributed by atoms with Gasteiger partial charge in [0.2, 0.25) is 0 Å².